The van der Waals surface area contributed by atoms with Crippen LogP contribution in [0, 0.1) is 19.8 Å². The van der Waals surface area contributed by atoms with Crippen molar-refractivity contribution in [3.05, 3.63) is 28.8 Å². The van der Waals surface area contributed by atoms with E-state index >= 15 is 0 Å². The van der Waals surface area contributed by atoms with Gasteiger partial charge in [0.15, 0.2) is 0 Å². The van der Waals surface area contributed by atoms with Crippen LogP contribution in [-0.2, 0) is 16.6 Å². The molecule has 1 aliphatic rings. The van der Waals surface area contributed by atoms with Gasteiger partial charge < -0.3 is 5.11 Å². The third-order valence-electron chi connectivity index (χ3n) is 3.35. The van der Waals surface area contributed by atoms with E-state index < -0.39 is 10.0 Å². The lowest BCUT2D eigenvalue weighted by atomic mass is 10.1. The van der Waals surface area contributed by atoms with Crippen LogP contribution in [0.4, 0.5) is 0 Å². The quantitative estimate of drug-likeness (QED) is 0.851. The summed E-state index contributed by atoms with van der Waals surface area (Å²) in [6.07, 6.45) is 2.22. The molecule has 1 aliphatic carbocycles. The van der Waals surface area contributed by atoms with Crippen molar-refractivity contribution in [3.63, 3.8) is 0 Å². The van der Waals surface area contributed by atoms with Crippen LogP contribution in [0.5, 0.6) is 0 Å². The minimum absolute atomic E-state index is 0.142. The Balaban J connectivity index is 2.30. The molecule has 0 aromatic heterocycles. The average Bonchev–Trinajstić information content (AvgIpc) is 3.10. The fourth-order valence-electron chi connectivity index (χ4n) is 1.96. The predicted molar refractivity (Wildman–Crippen MR) is 69.8 cm³/mol. The second-order valence-corrected chi connectivity index (χ2v) is 6.73. The molecule has 0 bridgehead atoms. The third-order valence-corrected chi connectivity index (χ3v) is 4.92. The summed E-state index contributed by atoms with van der Waals surface area (Å²) >= 11 is 0. The first-order chi connectivity index (χ1) is 8.44. The van der Waals surface area contributed by atoms with Crippen molar-refractivity contribution < 1.29 is 13.5 Å². The highest BCUT2D eigenvalue weighted by Gasteiger charge is 2.25. The molecule has 0 amide bonds. The largest absolute Gasteiger partial charge is 0.392 e. The molecule has 0 radical (unpaired) electrons. The standard InChI is InChI=1S/C13H19NO3S/c1-9-5-10(2)13(6-12(9)8-15)18(16,17)14-7-11-3-4-11/h5-6,11,14-15H,3-4,7-8H2,1-2H3. The number of hydrogen-bond acceptors (Lipinski definition) is 3. The Morgan fingerprint density at radius 1 is 1.28 bits per heavy atom. The summed E-state index contributed by atoms with van der Waals surface area (Å²) in [5, 5.41) is 9.21. The van der Waals surface area contributed by atoms with Gasteiger partial charge in [0.1, 0.15) is 0 Å². The second kappa shape index (κ2) is 4.99. The summed E-state index contributed by atoms with van der Waals surface area (Å²) in [4.78, 5) is 0.276. The van der Waals surface area contributed by atoms with E-state index in [4.69, 9.17) is 0 Å². The van der Waals surface area contributed by atoms with Crippen molar-refractivity contribution in [1.82, 2.24) is 4.72 Å². The molecule has 5 heteroatoms. The van der Waals surface area contributed by atoms with E-state index in [0.717, 1.165) is 18.4 Å². The molecule has 18 heavy (non-hydrogen) atoms. The van der Waals surface area contributed by atoms with Crippen LogP contribution in [0.3, 0.4) is 0 Å². The van der Waals surface area contributed by atoms with Gasteiger partial charge in [-0.2, -0.15) is 0 Å². The predicted octanol–water partition coefficient (Wildman–Crippen LogP) is 1.48. The van der Waals surface area contributed by atoms with E-state index in [2.05, 4.69) is 4.72 Å². The SMILES string of the molecule is Cc1cc(C)c(S(=O)(=O)NCC2CC2)cc1CO. The van der Waals surface area contributed by atoms with Gasteiger partial charge in [-0.25, -0.2) is 13.1 Å². The van der Waals surface area contributed by atoms with E-state index in [1.807, 2.05) is 6.92 Å². The first-order valence-corrected chi connectivity index (χ1v) is 7.63. The number of nitrogens with one attached hydrogen (secondary N) is 1. The summed E-state index contributed by atoms with van der Waals surface area (Å²) in [6.45, 7) is 4.02. The highest BCUT2D eigenvalue weighted by Crippen LogP contribution is 2.28. The number of rotatable bonds is 5. The molecular weight excluding hydrogens is 250 g/mol. The molecule has 1 aromatic rings. The topological polar surface area (TPSA) is 66.4 Å². The van der Waals surface area contributed by atoms with E-state index in [-0.39, 0.29) is 11.5 Å². The highest BCUT2D eigenvalue weighted by molar-refractivity contribution is 7.89. The van der Waals surface area contributed by atoms with Crippen LogP contribution in [0.15, 0.2) is 17.0 Å². The number of aliphatic hydroxyl groups excluding tert-OH is 1. The van der Waals surface area contributed by atoms with Gasteiger partial charge in [-0.3, -0.25) is 0 Å². The summed E-state index contributed by atoms with van der Waals surface area (Å²) in [5.74, 6) is 0.503. The van der Waals surface area contributed by atoms with Crippen molar-refractivity contribution in [2.75, 3.05) is 6.54 Å². The maximum absolute atomic E-state index is 12.2. The Kier molecular flexibility index (Phi) is 3.75. The molecule has 0 unspecified atom stereocenters. The maximum atomic E-state index is 12.2. The molecule has 100 valence electrons. The van der Waals surface area contributed by atoms with Gasteiger partial charge in [0.05, 0.1) is 11.5 Å². The third kappa shape index (κ3) is 2.91. The lowest BCUT2D eigenvalue weighted by Crippen LogP contribution is -2.26. The normalized spacial score (nSPS) is 15.9. The van der Waals surface area contributed by atoms with Crippen molar-refractivity contribution in [2.45, 2.75) is 38.2 Å². The number of hydrogen-bond donors (Lipinski definition) is 2. The van der Waals surface area contributed by atoms with Gasteiger partial charge >= 0.3 is 0 Å². The molecule has 0 aliphatic heterocycles. The van der Waals surface area contributed by atoms with Crippen molar-refractivity contribution in [3.8, 4) is 0 Å². The van der Waals surface area contributed by atoms with E-state index in [9.17, 15) is 13.5 Å². The van der Waals surface area contributed by atoms with Gasteiger partial charge in [-0.05, 0) is 55.4 Å². The number of aliphatic hydroxyl groups is 1. The Hall–Kier alpha value is -0.910. The number of aryl methyl sites for hydroxylation is 2. The van der Waals surface area contributed by atoms with Crippen molar-refractivity contribution in [1.29, 1.82) is 0 Å². The summed E-state index contributed by atoms with van der Waals surface area (Å²) in [7, 11) is -3.46. The molecule has 1 fully saturated rings. The zero-order valence-corrected chi connectivity index (χ0v) is 11.5. The molecule has 2 N–H and O–H groups in total. The van der Waals surface area contributed by atoms with Gasteiger partial charge in [-0.15, -0.1) is 0 Å². The van der Waals surface area contributed by atoms with Gasteiger partial charge in [-0.1, -0.05) is 6.07 Å². The first-order valence-electron chi connectivity index (χ1n) is 6.14. The van der Waals surface area contributed by atoms with Crippen LogP contribution in [-0.4, -0.2) is 20.1 Å². The molecule has 1 saturated carbocycles. The number of benzene rings is 1. The first kappa shape index (κ1) is 13.5. The smallest absolute Gasteiger partial charge is 0.240 e. The second-order valence-electron chi connectivity index (χ2n) is 5.00. The van der Waals surface area contributed by atoms with Crippen LogP contribution in [0.25, 0.3) is 0 Å². The molecule has 0 saturated heterocycles. The minimum atomic E-state index is -3.46. The average molecular weight is 269 g/mol. The van der Waals surface area contributed by atoms with Crippen LogP contribution in [0.2, 0.25) is 0 Å². The summed E-state index contributed by atoms with van der Waals surface area (Å²) in [5.41, 5.74) is 2.29. The molecule has 2 rings (SSSR count). The van der Waals surface area contributed by atoms with Crippen molar-refractivity contribution in [2.24, 2.45) is 5.92 Å². The Bertz CT molecular complexity index is 548. The number of sulfonamides is 1. The van der Waals surface area contributed by atoms with Crippen LogP contribution >= 0.6 is 0 Å². The molecular formula is C13H19NO3S. The molecule has 0 heterocycles. The molecule has 1 aromatic carbocycles. The van der Waals surface area contributed by atoms with E-state index in [1.54, 1.807) is 19.1 Å². The zero-order chi connectivity index (χ0) is 13.3. The maximum Gasteiger partial charge on any atom is 0.240 e. The van der Waals surface area contributed by atoms with Gasteiger partial charge in [0, 0.05) is 6.54 Å². The van der Waals surface area contributed by atoms with Crippen LogP contribution in [0.1, 0.15) is 29.5 Å². The zero-order valence-electron chi connectivity index (χ0n) is 10.7. The molecule has 0 spiro atoms. The molecule has 4 nitrogen and oxygen atoms in total. The van der Waals surface area contributed by atoms with Crippen LogP contribution < -0.4 is 4.72 Å². The van der Waals surface area contributed by atoms with Gasteiger partial charge in [0.25, 0.3) is 0 Å². The Morgan fingerprint density at radius 3 is 2.50 bits per heavy atom. The van der Waals surface area contributed by atoms with E-state index in [1.165, 1.54) is 0 Å². The summed E-state index contributed by atoms with van der Waals surface area (Å²) in [6, 6.07) is 3.37. The monoisotopic (exact) mass is 269 g/mol. The lowest BCUT2D eigenvalue weighted by Gasteiger charge is -2.12. The fourth-order valence-corrected chi connectivity index (χ4v) is 3.35. The minimum Gasteiger partial charge on any atom is -0.392 e. The Labute approximate surface area is 108 Å². The molecule has 0 atom stereocenters. The van der Waals surface area contributed by atoms with Crippen molar-refractivity contribution >= 4 is 10.0 Å². The fraction of sp³-hybridized carbons (Fsp3) is 0.538. The summed E-state index contributed by atoms with van der Waals surface area (Å²) < 4.78 is 27.0. The highest BCUT2D eigenvalue weighted by atomic mass is 32.2. The Morgan fingerprint density at radius 2 is 1.94 bits per heavy atom. The van der Waals surface area contributed by atoms with Gasteiger partial charge in [0.2, 0.25) is 10.0 Å². The van der Waals surface area contributed by atoms with E-state index in [0.29, 0.717) is 23.6 Å². The lowest BCUT2D eigenvalue weighted by molar-refractivity contribution is 0.280.